The van der Waals surface area contributed by atoms with Crippen LogP contribution in [-0.2, 0) is 13.5 Å². The minimum atomic E-state index is 0.459. The monoisotopic (exact) mass is 350 g/mol. The summed E-state index contributed by atoms with van der Waals surface area (Å²) in [6, 6.07) is 11.2. The van der Waals surface area contributed by atoms with Crippen molar-refractivity contribution >= 4 is 16.9 Å². The summed E-state index contributed by atoms with van der Waals surface area (Å²) in [6.07, 6.45) is 5.26. The van der Waals surface area contributed by atoms with Gasteiger partial charge in [0, 0.05) is 32.7 Å². The van der Waals surface area contributed by atoms with E-state index in [4.69, 9.17) is 0 Å². The average Bonchev–Trinajstić information content (AvgIpc) is 3.03. The lowest BCUT2D eigenvalue weighted by molar-refractivity contribution is 0.221. The molecule has 0 radical (unpaired) electrons. The van der Waals surface area contributed by atoms with E-state index in [9.17, 15) is 0 Å². The predicted octanol–water partition coefficient (Wildman–Crippen LogP) is 2.79. The third-order valence-corrected chi connectivity index (χ3v) is 5.19. The number of aromatic nitrogens is 4. The molecule has 1 aliphatic heterocycles. The van der Waals surface area contributed by atoms with Gasteiger partial charge in [-0.05, 0) is 31.7 Å². The molecule has 0 atom stereocenters. The Balaban J connectivity index is 1.34. The first-order chi connectivity index (χ1) is 12.7. The van der Waals surface area contributed by atoms with E-state index in [-0.39, 0.29) is 0 Å². The summed E-state index contributed by atoms with van der Waals surface area (Å²) in [6.45, 7) is 5.33. The molecule has 1 fully saturated rings. The van der Waals surface area contributed by atoms with Crippen LogP contribution in [0.5, 0.6) is 0 Å². The van der Waals surface area contributed by atoms with Crippen LogP contribution < -0.4 is 5.32 Å². The number of aryl methyl sites for hydroxylation is 2. The number of rotatable bonds is 5. The Bertz CT molecular complexity index is 865. The Morgan fingerprint density at radius 2 is 1.88 bits per heavy atom. The van der Waals surface area contributed by atoms with E-state index in [0.29, 0.717) is 6.04 Å². The molecule has 1 N–H and O–H groups in total. The van der Waals surface area contributed by atoms with Crippen LogP contribution in [0.15, 0.2) is 36.5 Å². The molecule has 136 valence electrons. The van der Waals surface area contributed by atoms with Gasteiger partial charge >= 0.3 is 0 Å². The van der Waals surface area contributed by atoms with Crippen molar-refractivity contribution in [3.8, 4) is 0 Å². The molecule has 3 heterocycles. The summed E-state index contributed by atoms with van der Waals surface area (Å²) in [5.41, 5.74) is 2.31. The average molecular weight is 350 g/mol. The van der Waals surface area contributed by atoms with Crippen molar-refractivity contribution in [3.63, 3.8) is 0 Å². The zero-order valence-electron chi connectivity index (χ0n) is 15.5. The molecule has 6 nitrogen and oxygen atoms in total. The van der Waals surface area contributed by atoms with Crippen LogP contribution in [0.2, 0.25) is 0 Å². The van der Waals surface area contributed by atoms with Gasteiger partial charge in [-0.2, -0.15) is 5.10 Å². The molecule has 0 unspecified atom stereocenters. The summed E-state index contributed by atoms with van der Waals surface area (Å²) in [4.78, 5) is 11.7. The Morgan fingerprint density at radius 3 is 2.65 bits per heavy atom. The van der Waals surface area contributed by atoms with Crippen LogP contribution in [0.3, 0.4) is 0 Å². The minimum Gasteiger partial charge on any atom is -0.367 e. The fraction of sp³-hybridized carbons (Fsp3) is 0.450. The van der Waals surface area contributed by atoms with Crippen molar-refractivity contribution in [3.05, 3.63) is 47.9 Å². The van der Waals surface area contributed by atoms with E-state index in [2.05, 4.69) is 55.6 Å². The number of hydrogen-bond acceptors (Lipinski definition) is 5. The highest BCUT2D eigenvalue weighted by Crippen LogP contribution is 2.22. The van der Waals surface area contributed by atoms with Gasteiger partial charge in [0.05, 0.1) is 11.6 Å². The minimum absolute atomic E-state index is 0.459. The standard InChI is InChI=1S/C20H26N6/c1-15-22-19(18-14-21-25(2)20(18)23-15)24-17-9-12-26(13-10-17)11-8-16-6-4-3-5-7-16/h3-7,14,17H,8-13H2,1-2H3,(H,22,23,24). The molecule has 0 saturated carbocycles. The number of benzene rings is 1. The molecule has 0 bridgehead atoms. The van der Waals surface area contributed by atoms with Gasteiger partial charge in [0.2, 0.25) is 0 Å². The second kappa shape index (κ2) is 7.41. The number of piperidine rings is 1. The van der Waals surface area contributed by atoms with Crippen molar-refractivity contribution in [2.45, 2.75) is 32.2 Å². The highest BCUT2D eigenvalue weighted by Gasteiger charge is 2.20. The maximum absolute atomic E-state index is 4.61. The zero-order valence-corrected chi connectivity index (χ0v) is 15.5. The lowest BCUT2D eigenvalue weighted by Crippen LogP contribution is -2.40. The van der Waals surface area contributed by atoms with E-state index in [1.54, 1.807) is 4.68 Å². The van der Waals surface area contributed by atoms with Gasteiger partial charge in [-0.15, -0.1) is 0 Å². The summed E-state index contributed by atoms with van der Waals surface area (Å²) in [7, 11) is 1.92. The molecular weight excluding hydrogens is 324 g/mol. The van der Waals surface area contributed by atoms with Crippen LogP contribution in [-0.4, -0.2) is 50.3 Å². The molecule has 26 heavy (non-hydrogen) atoms. The number of fused-ring (bicyclic) bond motifs is 1. The second-order valence-corrected chi connectivity index (χ2v) is 7.12. The summed E-state index contributed by atoms with van der Waals surface area (Å²) < 4.78 is 1.81. The lowest BCUT2D eigenvalue weighted by Gasteiger charge is -2.32. The fourth-order valence-electron chi connectivity index (χ4n) is 3.67. The Morgan fingerprint density at radius 1 is 1.12 bits per heavy atom. The van der Waals surface area contributed by atoms with Crippen molar-refractivity contribution in [2.75, 3.05) is 25.0 Å². The number of anilines is 1. The van der Waals surface area contributed by atoms with E-state index in [1.807, 2.05) is 20.2 Å². The summed E-state index contributed by atoms with van der Waals surface area (Å²) >= 11 is 0. The van der Waals surface area contributed by atoms with Crippen LogP contribution in [0.1, 0.15) is 24.2 Å². The van der Waals surface area contributed by atoms with E-state index in [0.717, 1.165) is 61.6 Å². The number of nitrogens with one attached hydrogen (secondary N) is 1. The van der Waals surface area contributed by atoms with E-state index >= 15 is 0 Å². The van der Waals surface area contributed by atoms with Crippen LogP contribution in [0, 0.1) is 6.92 Å². The topological polar surface area (TPSA) is 58.9 Å². The van der Waals surface area contributed by atoms with Gasteiger partial charge < -0.3 is 10.2 Å². The second-order valence-electron chi connectivity index (χ2n) is 7.12. The molecule has 1 aromatic carbocycles. The third kappa shape index (κ3) is 3.70. The lowest BCUT2D eigenvalue weighted by atomic mass is 10.0. The zero-order chi connectivity index (χ0) is 17.9. The quantitative estimate of drug-likeness (QED) is 0.767. The molecular formula is C20H26N6. The summed E-state index contributed by atoms with van der Waals surface area (Å²) in [5, 5.41) is 8.97. The molecule has 0 aliphatic carbocycles. The van der Waals surface area contributed by atoms with Gasteiger partial charge in [-0.25, -0.2) is 9.97 Å². The van der Waals surface area contributed by atoms with Crippen molar-refractivity contribution < 1.29 is 0 Å². The van der Waals surface area contributed by atoms with Gasteiger partial charge in [0.15, 0.2) is 5.65 Å². The smallest absolute Gasteiger partial charge is 0.163 e. The van der Waals surface area contributed by atoms with Crippen molar-refractivity contribution in [1.29, 1.82) is 0 Å². The Hall–Kier alpha value is -2.47. The van der Waals surface area contributed by atoms with Gasteiger partial charge in [-0.1, -0.05) is 30.3 Å². The largest absolute Gasteiger partial charge is 0.367 e. The maximum atomic E-state index is 4.61. The first-order valence-electron chi connectivity index (χ1n) is 9.38. The van der Waals surface area contributed by atoms with Crippen LogP contribution in [0.4, 0.5) is 5.82 Å². The molecule has 2 aromatic heterocycles. The molecule has 3 aromatic rings. The fourth-order valence-corrected chi connectivity index (χ4v) is 3.67. The van der Waals surface area contributed by atoms with Gasteiger partial charge in [-0.3, -0.25) is 4.68 Å². The third-order valence-electron chi connectivity index (χ3n) is 5.19. The highest BCUT2D eigenvalue weighted by atomic mass is 15.3. The number of hydrogen-bond donors (Lipinski definition) is 1. The van der Waals surface area contributed by atoms with E-state index in [1.165, 1.54) is 5.56 Å². The van der Waals surface area contributed by atoms with Crippen LogP contribution in [0.25, 0.3) is 11.0 Å². The normalized spacial score (nSPS) is 16.2. The Labute approximate surface area is 154 Å². The molecule has 6 heteroatoms. The van der Waals surface area contributed by atoms with Gasteiger partial charge in [0.1, 0.15) is 11.6 Å². The maximum Gasteiger partial charge on any atom is 0.163 e. The highest BCUT2D eigenvalue weighted by molar-refractivity contribution is 5.86. The van der Waals surface area contributed by atoms with Crippen LogP contribution >= 0.6 is 0 Å². The SMILES string of the molecule is Cc1nc(NC2CCN(CCc3ccccc3)CC2)c2cnn(C)c2n1. The van der Waals surface area contributed by atoms with E-state index < -0.39 is 0 Å². The first kappa shape index (κ1) is 17.0. The molecule has 4 rings (SSSR count). The molecule has 0 spiro atoms. The first-order valence-corrected chi connectivity index (χ1v) is 9.38. The predicted molar refractivity (Wildman–Crippen MR) is 104 cm³/mol. The Kier molecular flexibility index (Phi) is 4.84. The molecule has 1 aliphatic rings. The number of likely N-dealkylation sites (tertiary alicyclic amines) is 1. The molecule has 1 saturated heterocycles. The van der Waals surface area contributed by atoms with Crippen molar-refractivity contribution in [2.24, 2.45) is 7.05 Å². The summed E-state index contributed by atoms with van der Waals surface area (Å²) in [5.74, 6) is 1.70. The molecule has 0 amide bonds. The van der Waals surface area contributed by atoms with Crippen molar-refractivity contribution in [1.82, 2.24) is 24.6 Å². The number of nitrogens with zero attached hydrogens (tertiary/aromatic N) is 5. The van der Waals surface area contributed by atoms with Gasteiger partial charge in [0.25, 0.3) is 0 Å².